The number of amides is 1. The van der Waals surface area contributed by atoms with E-state index in [0.29, 0.717) is 45.7 Å². The summed E-state index contributed by atoms with van der Waals surface area (Å²) >= 11 is 0. The molecule has 3 rings (SSSR count). The fourth-order valence-corrected chi connectivity index (χ4v) is 5.09. The van der Waals surface area contributed by atoms with Crippen LogP contribution in [0.1, 0.15) is 12.8 Å². The van der Waals surface area contributed by atoms with E-state index in [2.05, 4.69) is 0 Å². The van der Waals surface area contributed by atoms with Gasteiger partial charge in [-0.15, -0.1) is 0 Å². The number of halogens is 1. The first-order valence-corrected chi connectivity index (χ1v) is 10.1. The molecule has 0 spiro atoms. The molecular formula is C17H23FN2O5S. The first kappa shape index (κ1) is 19.1. The van der Waals surface area contributed by atoms with E-state index in [1.165, 1.54) is 17.5 Å². The van der Waals surface area contributed by atoms with Crippen molar-refractivity contribution in [1.82, 2.24) is 9.21 Å². The number of benzene rings is 1. The van der Waals surface area contributed by atoms with Gasteiger partial charge >= 0.3 is 0 Å². The van der Waals surface area contributed by atoms with Gasteiger partial charge in [-0.2, -0.15) is 4.31 Å². The van der Waals surface area contributed by atoms with Crippen LogP contribution in [0.25, 0.3) is 0 Å². The Morgan fingerprint density at radius 1 is 1.27 bits per heavy atom. The maximum Gasteiger partial charge on any atom is 0.246 e. The summed E-state index contributed by atoms with van der Waals surface area (Å²) in [5.41, 5.74) is 0. The van der Waals surface area contributed by atoms with Crippen LogP contribution in [0.4, 0.5) is 4.39 Å². The van der Waals surface area contributed by atoms with E-state index < -0.39 is 21.8 Å². The van der Waals surface area contributed by atoms with Crippen molar-refractivity contribution in [3.8, 4) is 5.75 Å². The van der Waals surface area contributed by atoms with Crippen LogP contribution in [-0.4, -0.2) is 70.0 Å². The van der Waals surface area contributed by atoms with Crippen molar-refractivity contribution >= 4 is 15.9 Å². The van der Waals surface area contributed by atoms with Gasteiger partial charge in [0.1, 0.15) is 16.5 Å². The average molecular weight is 386 g/mol. The Labute approximate surface area is 152 Å². The van der Waals surface area contributed by atoms with Gasteiger partial charge in [0.25, 0.3) is 0 Å². The molecule has 1 unspecified atom stereocenters. The SMILES string of the molecule is COc1ccc(F)cc1S(=O)(=O)N1CCCC(C(=O)N2CCOCC2)C1. The van der Waals surface area contributed by atoms with E-state index in [1.807, 2.05) is 0 Å². The van der Waals surface area contributed by atoms with Gasteiger partial charge < -0.3 is 14.4 Å². The van der Waals surface area contributed by atoms with Crippen molar-refractivity contribution in [2.75, 3.05) is 46.5 Å². The van der Waals surface area contributed by atoms with E-state index in [-0.39, 0.29) is 23.1 Å². The van der Waals surface area contributed by atoms with Crippen molar-refractivity contribution in [3.05, 3.63) is 24.0 Å². The van der Waals surface area contributed by atoms with Gasteiger partial charge in [0.05, 0.1) is 26.2 Å². The van der Waals surface area contributed by atoms with Crippen molar-refractivity contribution in [1.29, 1.82) is 0 Å². The zero-order chi connectivity index (χ0) is 18.7. The molecule has 1 aromatic carbocycles. The molecule has 0 saturated carbocycles. The molecule has 2 fully saturated rings. The highest BCUT2D eigenvalue weighted by Gasteiger charge is 2.36. The maximum atomic E-state index is 13.6. The molecule has 2 heterocycles. The third-order valence-corrected chi connectivity index (χ3v) is 6.69. The molecular weight excluding hydrogens is 363 g/mol. The van der Waals surface area contributed by atoms with Crippen LogP contribution in [-0.2, 0) is 19.6 Å². The van der Waals surface area contributed by atoms with Crippen LogP contribution in [0.3, 0.4) is 0 Å². The van der Waals surface area contributed by atoms with Gasteiger partial charge in [0.2, 0.25) is 15.9 Å². The molecule has 1 aromatic rings. The fraction of sp³-hybridized carbons (Fsp3) is 0.588. The first-order chi connectivity index (χ1) is 12.4. The fourth-order valence-electron chi connectivity index (χ4n) is 3.40. The highest BCUT2D eigenvalue weighted by molar-refractivity contribution is 7.89. The number of rotatable bonds is 4. The van der Waals surface area contributed by atoms with E-state index in [9.17, 15) is 17.6 Å². The number of morpholine rings is 1. The molecule has 0 N–H and O–H groups in total. The van der Waals surface area contributed by atoms with Gasteiger partial charge in [-0.05, 0) is 31.0 Å². The zero-order valence-electron chi connectivity index (χ0n) is 14.7. The number of carbonyl (C=O) groups excluding carboxylic acids is 1. The van der Waals surface area contributed by atoms with E-state index >= 15 is 0 Å². The molecule has 144 valence electrons. The molecule has 2 saturated heterocycles. The second-order valence-corrected chi connectivity index (χ2v) is 8.34. The number of sulfonamides is 1. The predicted molar refractivity (Wildman–Crippen MR) is 91.8 cm³/mol. The molecule has 9 heteroatoms. The van der Waals surface area contributed by atoms with Crippen molar-refractivity contribution < 1.29 is 27.1 Å². The lowest BCUT2D eigenvalue weighted by Crippen LogP contribution is -2.49. The third kappa shape index (κ3) is 3.84. The minimum Gasteiger partial charge on any atom is -0.495 e. The lowest BCUT2D eigenvalue weighted by Gasteiger charge is -2.35. The van der Waals surface area contributed by atoms with Crippen LogP contribution >= 0.6 is 0 Å². The highest BCUT2D eigenvalue weighted by atomic mass is 32.2. The Morgan fingerprint density at radius 2 is 2.00 bits per heavy atom. The van der Waals surface area contributed by atoms with Crippen LogP contribution in [0.2, 0.25) is 0 Å². The largest absolute Gasteiger partial charge is 0.495 e. The van der Waals surface area contributed by atoms with Crippen LogP contribution < -0.4 is 4.74 Å². The normalized spacial score (nSPS) is 22.2. The molecule has 2 aliphatic heterocycles. The standard InChI is InChI=1S/C17H23FN2O5S/c1-24-15-5-4-14(18)11-16(15)26(22,23)20-6-2-3-13(12-20)17(21)19-7-9-25-10-8-19/h4-5,11,13H,2-3,6-10,12H2,1H3. The molecule has 0 bridgehead atoms. The predicted octanol–water partition coefficient (Wildman–Crippen LogP) is 1.09. The Hall–Kier alpha value is -1.71. The summed E-state index contributed by atoms with van der Waals surface area (Å²) in [5, 5.41) is 0. The summed E-state index contributed by atoms with van der Waals surface area (Å²) in [5.74, 6) is -0.994. The summed E-state index contributed by atoms with van der Waals surface area (Å²) in [6, 6.07) is 3.41. The molecule has 26 heavy (non-hydrogen) atoms. The van der Waals surface area contributed by atoms with Crippen LogP contribution in [0.5, 0.6) is 5.75 Å². The highest BCUT2D eigenvalue weighted by Crippen LogP contribution is 2.31. The minimum absolute atomic E-state index is 0.0422. The summed E-state index contributed by atoms with van der Waals surface area (Å²) in [6.07, 6.45) is 1.22. The van der Waals surface area contributed by atoms with Crippen LogP contribution in [0, 0.1) is 11.7 Å². The lowest BCUT2D eigenvalue weighted by molar-refractivity contribution is -0.140. The van der Waals surface area contributed by atoms with Crippen molar-refractivity contribution in [3.63, 3.8) is 0 Å². The molecule has 0 aliphatic carbocycles. The summed E-state index contributed by atoms with van der Waals surface area (Å²) in [4.78, 5) is 14.2. The Kier molecular flexibility index (Phi) is 5.79. The number of ether oxygens (including phenoxy) is 2. The van der Waals surface area contributed by atoms with Crippen molar-refractivity contribution in [2.45, 2.75) is 17.7 Å². The topological polar surface area (TPSA) is 76.2 Å². The van der Waals surface area contributed by atoms with Crippen LogP contribution in [0.15, 0.2) is 23.1 Å². The third-order valence-electron chi connectivity index (χ3n) is 4.80. The number of piperidine rings is 1. The Bertz CT molecular complexity index is 764. The number of hydrogen-bond acceptors (Lipinski definition) is 5. The summed E-state index contributed by atoms with van der Waals surface area (Å²) in [6.45, 7) is 2.45. The molecule has 7 nitrogen and oxygen atoms in total. The summed E-state index contributed by atoms with van der Waals surface area (Å²) in [7, 11) is -2.61. The average Bonchev–Trinajstić information content (AvgIpc) is 2.68. The van der Waals surface area contributed by atoms with E-state index in [1.54, 1.807) is 4.90 Å². The monoisotopic (exact) mass is 386 g/mol. The number of hydrogen-bond donors (Lipinski definition) is 0. The molecule has 0 radical (unpaired) electrons. The first-order valence-electron chi connectivity index (χ1n) is 8.63. The number of carbonyl (C=O) groups is 1. The molecule has 0 aromatic heterocycles. The minimum atomic E-state index is -3.95. The van der Waals surface area contributed by atoms with E-state index in [4.69, 9.17) is 9.47 Å². The van der Waals surface area contributed by atoms with Gasteiger partial charge in [-0.3, -0.25) is 4.79 Å². The molecule has 1 atom stereocenters. The lowest BCUT2D eigenvalue weighted by atomic mass is 9.98. The Balaban J connectivity index is 1.80. The number of nitrogens with zero attached hydrogens (tertiary/aromatic N) is 2. The van der Waals surface area contributed by atoms with Crippen molar-refractivity contribution in [2.24, 2.45) is 5.92 Å². The second-order valence-electron chi connectivity index (χ2n) is 6.44. The van der Waals surface area contributed by atoms with E-state index in [0.717, 1.165) is 12.1 Å². The zero-order valence-corrected chi connectivity index (χ0v) is 15.5. The Morgan fingerprint density at radius 3 is 2.69 bits per heavy atom. The quantitative estimate of drug-likeness (QED) is 0.774. The second kappa shape index (κ2) is 7.89. The molecule has 2 aliphatic rings. The van der Waals surface area contributed by atoms with Gasteiger partial charge in [0, 0.05) is 26.2 Å². The van der Waals surface area contributed by atoms with Gasteiger partial charge in [-0.25, -0.2) is 12.8 Å². The number of methoxy groups -OCH3 is 1. The van der Waals surface area contributed by atoms with Gasteiger partial charge in [0.15, 0.2) is 0 Å². The van der Waals surface area contributed by atoms with Gasteiger partial charge in [-0.1, -0.05) is 0 Å². The smallest absolute Gasteiger partial charge is 0.246 e. The summed E-state index contributed by atoms with van der Waals surface area (Å²) < 4.78 is 51.2. The molecule has 1 amide bonds. The maximum absolute atomic E-state index is 13.6.